The molecular formula is C23H23FN4O3. The second kappa shape index (κ2) is 6.80. The van der Waals surface area contributed by atoms with E-state index in [-0.39, 0.29) is 12.2 Å². The van der Waals surface area contributed by atoms with Crippen LogP contribution in [0, 0.1) is 11.2 Å². The van der Waals surface area contributed by atoms with Crippen LogP contribution in [-0.2, 0) is 16.0 Å². The first kappa shape index (κ1) is 19.5. The van der Waals surface area contributed by atoms with Gasteiger partial charge in [-0.15, -0.1) is 0 Å². The van der Waals surface area contributed by atoms with Crippen molar-refractivity contribution in [1.82, 2.24) is 9.80 Å². The maximum atomic E-state index is 14.5. The first-order valence-corrected chi connectivity index (χ1v) is 10.3. The molecule has 1 atom stereocenters. The fourth-order valence-corrected chi connectivity index (χ4v) is 5.30. The summed E-state index contributed by atoms with van der Waals surface area (Å²) < 4.78 is 14.5. The number of amides is 4. The van der Waals surface area contributed by atoms with Crippen molar-refractivity contribution in [2.24, 2.45) is 5.41 Å². The average Bonchev–Trinajstić information content (AvgIpc) is 2.80. The molecule has 2 saturated heterocycles. The minimum absolute atomic E-state index is 0.203. The Balaban J connectivity index is 1.66. The van der Waals surface area contributed by atoms with Crippen molar-refractivity contribution in [3.05, 3.63) is 59.9 Å². The summed E-state index contributed by atoms with van der Waals surface area (Å²) in [5.74, 6) is -1.34. The molecule has 4 amide bonds. The second-order valence-corrected chi connectivity index (χ2v) is 8.39. The average molecular weight is 422 g/mol. The van der Waals surface area contributed by atoms with Gasteiger partial charge >= 0.3 is 6.03 Å². The number of piperazine rings is 1. The highest BCUT2D eigenvalue weighted by Crippen LogP contribution is 2.47. The summed E-state index contributed by atoms with van der Waals surface area (Å²) in [6.45, 7) is 1.37. The molecule has 0 radical (unpaired) electrons. The number of hydrogen-bond donors (Lipinski definition) is 0. The Labute approximate surface area is 179 Å². The Morgan fingerprint density at radius 3 is 2.16 bits per heavy atom. The van der Waals surface area contributed by atoms with Crippen LogP contribution in [0.5, 0.6) is 0 Å². The number of para-hydroxylation sites is 2. The number of carbonyl (C=O) groups excluding carboxylic acids is 3. The van der Waals surface area contributed by atoms with Crippen molar-refractivity contribution >= 4 is 29.2 Å². The highest BCUT2D eigenvalue weighted by Gasteiger charge is 2.63. The number of hydrogen-bond acceptors (Lipinski definition) is 5. The van der Waals surface area contributed by atoms with Gasteiger partial charge in [0.25, 0.3) is 0 Å². The third kappa shape index (κ3) is 2.60. The standard InChI is InChI=1S/C23H23FN4O3/c1-25-20(29)23(21(30)26(2)22(25)31)13-15-7-3-5-9-17(15)28-12-11-27(14-19(23)28)18-10-6-4-8-16(18)24/h3-10,19H,11-14H2,1-2H3. The van der Waals surface area contributed by atoms with Crippen molar-refractivity contribution < 1.29 is 18.8 Å². The van der Waals surface area contributed by atoms with E-state index in [1.165, 1.54) is 20.2 Å². The number of fused-ring (bicyclic) bond motifs is 4. The molecule has 3 heterocycles. The molecule has 1 spiro atoms. The molecule has 0 saturated carbocycles. The minimum atomic E-state index is -1.45. The summed E-state index contributed by atoms with van der Waals surface area (Å²) >= 11 is 0. The molecule has 1 unspecified atom stereocenters. The van der Waals surface area contributed by atoms with Gasteiger partial charge in [0, 0.05) is 39.4 Å². The number of anilines is 2. The molecule has 8 heteroatoms. The zero-order chi connectivity index (χ0) is 21.9. The van der Waals surface area contributed by atoms with Gasteiger partial charge < -0.3 is 9.80 Å². The first-order chi connectivity index (χ1) is 14.9. The van der Waals surface area contributed by atoms with E-state index in [4.69, 9.17) is 0 Å². The molecule has 2 aromatic rings. The Hall–Kier alpha value is -3.42. The lowest BCUT2D eigenvalue weighted by Crippen LogP contribution is -2.74. The maximum Gasteiger partial charge on any atom is 0.332 e. The molecule has 160 valence electrons. The molecule has 0 aromatic heterocycles. The zero-order valence-corrected chi connectivity index (χ0v) is 17.4. The van der Waals surface area contributed by atoms with E-state index < -0.39 is 29.3 Å². The van der Waals surface area contributed by atoms with Gasteiger partial charge in [0.05, 0.1) is 11.7 Å². The van der Waals surface area contributed by atoms with Gasteiger partial charge in [0.1, 0.15) is 5.82 Å². The molecule has 3 aliphatic rings. The Morgan fingerprint density at radius 1 is 0.871 bits per heavy atom. The van der Waals surface area contributed by atoms with E-state index in [0.29, 0.717) is 25.3 Å². The largest absolute Gasteiger partial charge is 0.365 e. The van der Waals surface area contributed by atoms with Gasteiger partial charge in [-0.2, -0.15) is 0 Å². The number of barbiturate groups is 1. The van der Waals surface area contributed by atoms with Crippen LogP contribution in [0.25, 0.3) is 0 Å². The van der Waals surface area contributed by atoms with E-state index >= 15 is 0 Å². The lowest BCUT2D eigenvalue weighted by atomic mass is 9.67. The SMILES string of the molecule is CN1C(=O)N(C)C(=O)C2(Cc3ccccc3N3CCN(c4ccccc4F)CC32)C1=O. The predicted octanol–water partition coefficient (Wildman–Crippen LogP) is 2.11. The normalized spacial score (nSPS) is 22.7. The van der Waals surface area contributed by atoms with Crippen LogP contribution in [0.1, 0.15) is 5.56 Å². The van der Waals surface area contributed by atoms with Crippen LogP contribution >= 0.6 is 0 Å². The van der Waals surface area contributed by atoms with Crippen LogP contribution < -0.4 is 9.80 Å². The van der Waals surface area contributed by atoms with Gasteiger partial charge in [-0.05, 0) is 30.2 Å². The number of nitrogens with zero attached hydrogens (tertiary/aromatic N) is 4. The summed E-state index contributed by atoms with van der Waals surface area (Å²) in [6, 6.07) is 13.1. The zero-order valence-electron chi connectivity index (χ0n) is 17.4. The molecule has 5 rings (SSSR count). The van der Waals surface area contributed by atoms with Crippen molar-refractivity contribution in [3.63, 3.8) is 0 Å². The van der Waals surface area contributed by atoms with Crippen molar-refractivity contribution in [3.8, 4) is 0 Å². The van der Waals surface area contributed by atoms with Crippen LogP contribution in [-0.4, -0.2) is 67.4 Å². The number of rotatable bonds is 1. The van der Waals surface area contributed by atoms with Crippen LogP contribution in [0.15, 0.2) is 48.5 Å². The third-order valence-electron chi connectivity index (χ3n) is 6.86. The fourth-order valence-electron chi connectivity index (χ4n) is 5.30. The quantitative estimate of drug-likeness (QED) is 0.659. The molecule has 7 nitrogen and oxygen atoms in total. The van der Waals surface area contributed by atoms with Crippen LogP contribution in [0.3, 0.4) is 0 Å². The Morgan fingerprint density at radius 2 is 1.48 bits per heavy atom. The number of benzene rings is 2. The lowest BCUT2D eigenvalue weighted by Gasteiger charge is -2.56. The topological polar surface area (TPSA) is 64.2 Å². The van der Waals surface area contributed by atoms with E-state index in [9.17, 15) is 18.8 Å². The van der Waals surface area contributed by atoms with E-state index in [1.54, 1.807) is 18.2 Å². The van der Waals surface area contributed by atoms with Crippen molar-refractivity contribution in [2.45, 2.75) is 12.5 Å². The summed E-state index contributed by atoms with van der Waals surface area (Å²) in [5.41, 5.74) is 0.880. The van der Waals surface area contributed by atoms with Gasteiger partial charge in [0.15, 0.2) is 5.41 Å². The van der Waals surface area contributed by atoms with Crippen LogP contribution in [0.4, 0.5) is 20.6 Å². The second-order valence-electron chi connectivity index (χ2n) is 8.39. The summed E-state index contributed by atoms with van der Waals surface area (Å²) in [5, 5.41) is 0. The lowest BCUT2D eigenvalue weighted by molar-refractivity contribution is -0.159. The van der Waals surface area contributed by atoms with E-state index in [1.807, 2.05) is 29.2 Å². The van der Waals surface area contributed by atoms with E-state index in [2.05, 4.69) is 4.90 Å². The van der Waals surface area contributed by atoms with Crippen molar-refractivity contribution in [2.75, 3.05) is 43.5 Å². The monoisotopic (exact) mass is 422 g/mol. The molecule has 3 aliphatic heterocycles. The minimum Gasteiger partial charge on any atom is -0.365 e. The Kier molecular flexibility index (Phi) is 4.28. The highest BCUT2D eigenvalue weighted by molar-refractivity contribution is 6.20. The molecule has 31 heavy (non-hydrogen) atoms. The molecular weight excluding hydrogens is 399 g/mol. The number of urea groups is 1. The number of halogens is 1. The predicted molar refractivity (Wildman–Crippen MR) is 113 cm³/mol. The molecule has 0 aliphatic carbocycles. The molecule has 0 N–H and O–H groups in total. The summed E-state index contributed by atoms with van der Waals surface area (Å²) in [7, 11) is 2.83. The Bertz CT molecular complexity index is 1080. The van der Waals surface area contributed by atoms with Gasteiger partial charge in [-0.1, -0.05) is 30.3 Å². The third-order valence-corrected chi connectivity index (χ3v) is 6.86. The van der Waals surface area contributed by atoms with Gasteiger partial charge in [-0.3, -0.25) is 19.4 Å². The maximum absolute atomic E-state index is 14.5. The van der Waals surface area contributed by atoms with E-state index in [0.717, 1.165) is 21.1 Å². The molecule has 0 bridgehead atoms. The number of carbonyl (C=O) groups is 3. The van der Waals surface area contributed by atoms with Gasteiger partial charge in [-0.25, -0.2) is 9.18 Å². The van der Waals surface area contributed by atoms with Gasteiger partial charge in [0.2, 0.25) is 11.8 Å². The van der Waals surface area contributed by atoms with Crippen molar-refractivity contribution in [1.29, 1.82) is 0 Å². The summed E-state index contributed by atoms with van der Waals surface area (Å²) in [6.07, 6.45) is 0.203. The van der Waals surface area contributed by atoms with Crippen LogP contribution in [0.2, 0.25) is 0 Å². The first-order valence-electron chi connectivity index (χ1n) is 10.3. The highest BCUT2D eigenvalue weighted by atomic mass is 19.1. The summed E-state index contributed by atoms with van der Waals surface area (Å²) in [4.78, 5) is 45.7. The molecule has 2 fully saturated rings. The smallest absolute Gasteiger partial charge is 0.332 e. The molecule has 2 aromatic carbocycles. The number of imide groups is 2. The fraction of sp³-hybridized carbons (Fsp3) is 0.348.